The van der Waals surface area contributed by atoms with Gasteiger partial charge in [-0.05, 0) is 36.1 Å². The first-order valence-corrected chi connectivity index (χ1v) is 7.29. The van der Waals surface area contributed by atoms with Crippen molar-refractivity contribution in [2.24, 2.45) is 0 Å². The van der Waals surface area contributed by atoms with Crippen molar-refractivity contribution in [3.05, 3.63) is 53.3 Å². The number of nitrogens with zero attached hydrogens (tertiary/aromatic N) is 1. The van der Waals surface area contributed by atoms with Crippen molar-refractivity contribution in [2.45, 2.75) is 38.5 Å². The van der Waals surface area contributed by atoms with Crippen molar-refractivity contribution in [1.82, 2.24) is 0 Å². The third-order valence-corrected chi connectivity index (χ3v) is 4.59. The van der Waals surface area contributed by atoms with Crippen molar-refractivity contribution in [3.63, 3.8) is 0 Å². The highest BCUT2D eigenvalue weighted by molar-refractivity contribution is 5.97. The predicted octanol–water partition coefficient (Wildman–Crippen LogP) is 3.98. The lowest BCUT2D eigenvalue weighted by Crippen LogP contribution is -2.22. The highest BCUT2D eigenvalue weighted by Gasteiger charge is 2.37. The largest absolute Gasteiger partial charge is 0.347 e. The molecule has 0 amide bonds. The van der Waals surface area contributed by atoms with Crippen molar-refractivity contribution < 1.29 is 4.79 Å². The van der Waals surface area contributed by atoms with Gasteiger partial charge in [0.15, 0.2) is 5.78 Å². The summed E-state index contributed by atoms with van der Waals surface area (Å²) >= 11 is 0. The third kappa shape index (κ3) is 1.91. The fourth-order valence-electron chi connectivity index (χ4n) is 3.40. The first-order chi connectivity index (χ1) is 9.51. The summed E-state index contributed by atoms with van der Waals surface area (Å²) in [6.07, 6.45) is 6.83. The molecule has 0 unspecified atom stereocenters. The van der Waals surface area contributed by atoms with Gasteiger partial charge in [0, 0.05) is 30.3 Å². The molecule has 0 bridgehead atoms. The number of rotatable bonds is 1. The number of carbonyl (C=O) groups excluding carboxylic acids is 1. The molecule has 0 radical (unpaired) electrons. The molecule has 1 aliphatic heterocycles. The summed E-state index contributed by atoms with van der Waals surface area (Å²) in [6, 6.07) is 8.52. The SMILES string of the molecule is CN1/C(=C\C=C2\CCCC2=O)C(C)(C)c2ccccc21. The molecule has 3 rings (SSSR count). The van der Waals surface area contributed by atoms with E-state index in [1.165, 1.54) is 16.9 Å². The van der Waals surface area contributed by atoms with Crippen LogP contribution in [0, 0.1) is 0 Å². The number of ketones is 1. The van der Waals surface area contributed by atoms with E-state index in [4.69, 9.17) is 0 Å². The van der Waals surface area contributed by atoms with Crippen molar-refractivity contribution in [2.75, 3.05) is 11.9 Å². The van der Waals surface area contributed by atoms with Crippen LogP contribution in [0.5, 0.6) is 0 Å². The summed E-state index contributed by atoms with van der Waals surface area (Å²) in [5.74, 6) is 0.317. The summed E-state index contributed by atoms with van der Waals surface area (Å²) in [4.78, 5) is 14.0. The zero-order valence-corrected chi connectivity index (χ0v) is 12.4. The number of para-hydroxylation sites is 1. The smallest absolute Gasteiger partial charge is 0.158 e. The molecule has 2 aliphatic rings. The van der Waals surface area contributed by atoms with Gasteiger partial charge in [-0.3, -0.25) is 4.79 Å². The highest BCUT2D eigenvalue weighted by Crippen LogP contribution is 2.46. The van der Waals surface area contributed by atoms with Crippen LogP contribution in [0.2, 0.25) is 0 Å². The van der Waals surface area contributed by atoms with Gasteiger partial charge in [-0.25, -0.2) is 0 Å². The van der Waals surface area contributed by atoms with Crippen molar-refractivity contribution in [3.8, 4) is 0 Å². The maximum absolute atomic E-state index is 11.7. The van der Waals surface area contributed by atoms with E-state index in [1.807, 2.05) is 6.08 Å². The van der Waals surface area contributed by atoms with E-state index in [9.17, 15) is 4.79 Å². The Morgan fingerprint density at radius 2 is 1.90 bits per heavy atom. The van der Waals surface area contributed by atoms with Crippen LogP contribution in [-0.2, 0) is 10.2 Å². The number of carbonyl (C=O) groups is 1. The standard InChI is InChI=1S/C18H21NO/c1-18(2)14-8-4-5-9-15(14)19(3)17(18)12-11-13-7-6-10-16(13)20/h4-5,8-9,11-12H,6-7,10H2,1-3H3/b13-11-,17-12-. The average molecular weight is 267 g/mol. The Balaban J connectivity index is 2.01. The molecule has 0 spiro atoms. The molecular formula is C18H21NO. The zero-order chi connectivity index (χ0) is 14.3. The molecule has 1 fully saturated rings. The quantitative estimate of drug-likeness (QED) is 0.717. The number of likely N-dealkylation sites (N-methyl/N-ethyl adjacent to an activating group) is 1. The normalized spacial score (nSPS) is 24.8. The number of benzene rings is 1. The molecule has 2 nitrogen and oxygen atoms in total. The molecule has 1 aliphatic carbocycles. The Morgan fingerprint density at radius 3 is 2.55 bits per heavy atom. The molecule has 1 saturated carbocycles. The molecule has 104 valence electrons. The number of anilines is 1. The molecule has 0 atom stereocenters. The minimum atomic E-state index is -0.00987. The van der Waals surface area contributed by atoms with Crippen LogP contribution in [0.3, 0.4) is 0 Å². The van der Waals surface area contributed by atoms with Gasteiger partial charge >= 0.3 is 0 Å². The average Bonchev–Trinajstić information content (AvgIpc) is 2.91. The third-order valence-electron chi connectivity index (χ3n) is 4.59. The molecule has 1 aromatic rings. The predicted molar refractivity (Wildman–Crippen MR) is 82.9 cm³/mol. The van der Waals surface area contributed by atoms with Gasteiger partial charge in [-0.1, -0.05) is 38.1 Å². The number of allylic oxidation sites excluding steroid dienone is 4. The van der Waals surface area contributed by atoms with E-state index in [0.29, 0.717) is 12.2 Å². The van der Waals surface area contributed by atoms with E-state index in [2.05, 4.69) is 56.1 Å². The fourth-order valence-corrected chi connectivity index (χ4v) is 3.40. The van der Waals surface area contributed by atoms with Gasteiger partial charge in [0.25, 0.3) is 0 Å². The minimum absolute atomic E-state index is 0.00987. The van der Waals surface area contributed by atoms with Crippen LogP contribution in [0.4, 0.5) is 5.69 Å². The molecule has 20 heavy (non-hydrogen) atoms. The number of hydrogen-bond acceptors (Lipinski definition) is 2. The minimum Gasteiger partial charge on any atom is -0.347 e. The van der Waals surface area contributed by atoms with Gasteiger partial charge < -0.3 is 4.90 Å². The fraction of sp³-hybridized carbons (Fsp3) is 0.389. The number of Topliss-reactive ketones (excluding diaryl/α,β-unsaturated/α-hetero) is 1. The number of hydrogen-bond donors (Lipinski definition) is 0. The van der Waals surface area contributed by atoms with Crippen molar-refractivity contribution >= 4 is 11.5 Å². The lowest BCUT2D eigenvalue weighted by Gasteiger charge is -2.23. The first kappa shape index (κ1) is 13.2. The first-order valence-electron chi connectivity index (χ1n) is 7.29. The zero-order valence-electron chi connectivity index (χ0n) is 12.4. The van der Waals surface area contributed by atoms with Gasteiger partial charge in [-0.2, -0.15) is 0 Å². The van der Waals surface area contributed by atoms with E-state index < -0.39 is 0 Å². The van der Waals surface area contributed by atoms with Gasteiger partial charge in [0.05, 0.1) is 0 Å². The molecule has 0 saturated heterocycles. The summed E-state index contributed by atoms with van der Waals surface area (Å²) in [5, 5.41) is 0. The second kappa shape index (κ2) is 4.62. The van der Waals surface area contributed by atoms with E-state index in [0.717, 1.165) is 18.4 Å². The summed E-state index contributed by atoms with van der Waals surface area (Å²) in [6.45, 7) is 4.49. The Kier molecular flexibility index (Phi) is 3.04. The lowest BCUT2D eigenvalue weighted by atomic mass is 9.83. The van der Waals surface area contributed by atoms with Crippen LogP contribution in [0.1, 0.15) is 38.7 Å². The molecule has 0 aromatic heterocycles. The Labute approximate surface area is 120 Å². The lowest BCUT2D eigenvalue weighted by molar-refractivity contribution is -0.114. The maximum Gasteiger partial charge on any atom is 0.158 e. The van der Waals surface area contributed by atoms with Crippen LogP contribution in [0.15, 0.2) is 47.7 Å². The Morgan fingerprint density at radius 1 is 1.15 bits per heavy atom. The molecule has 0 N–H and O–H groups in total. The summed E-state index contributed by atoms with van der Waals surface area (Å²) < 4.78 is 0. The van der Waals surface area contributed by atoms with Crippen LogP contribution < -0.4 is 4.90 Å². The Hall–Kier alpha value is -1.83. The Bertz CT molecular complexity index is 622. The topological polar surface area (TPSA) is 20.3 Å². The summed E-state index contributed by atoms with van der Waals surface area (Å²) in [7, 11) is 2.11. The van der Waals surface area contributed by atoms with E-state index in [1.54, 1.807) is 0 Å². The van der Waals surface area contributed by atoms with E-state index >= 15 is 0 Å². The van der Waals surface area contributed by atoms with Gasteiger partial charge in [0.2, 0.25) is 0 Å². The molecular weight excluding hydrogens is 246 g/mol. The van der Waals surface area contributed by atoms with Crippen LogP contribution in [0.25, 0.3) is 0 Å². The highest BCUT2D eigenvalue weighted by atomic mass is 16.1. The van der Waals surface area contributed by atoms with Gasteiger partial charge in [0.1, 0.15) is 0 Å². The van der Waals surface area contributed by atoms with Gasteiger partial charge in [-0.15, -0.1) is 0 Å². The molecule has 1 heterocycles. The number of fused-ring (bicyclic) bond motifs is 1. The second-order valence-electron chi connectivity index (χ2n) is 6.22. The molecule has 1 aromatic carbocycles. The van der Waals surface area contributed by atoms with Crippen LogP contribution in [-0.4, -0.2) is 12.8 Å². The monoisotopic (exact) mass is 267 g/mol. The molecule has 2 heteroatoms. The maximum atomic E-state index is 11.7. The van der Waals surface area contributed by atoms with Crippen LogP contribution >= 0.6 is 0 Å². The van der Waals surface area contributed by atoms with Crippen molar-refractivity contribution in [1.29, 1.82) is 0 Å². The summed E-state index contributed by atoms with van der Waals surface area (Å²) in [5.41, 5.74) is 4.85. The second-order valence-corrected chi connectivity index (χ2v) is 6.22. The van der Waals surface area contributed by atoms with E-state index in [-0.39, 0.29) is 5.41 Å².